The van der Waals surface area contributed by atoms with Crippen LogP contribution in [0, 0.1) is 0 Å². The number of aliphatic carboxylic acids is 1. The molecule has 9 heteroatoms. The molecule has 1 saturated heterocycles. The number of ether oxygens (including phenoxy) is 1. The highest BCUT2D eigenvalue weighted by molar-refractivity contribution is 5.97. The molecule has 5 rings (SSSR count). The molecule has 2 aliphatic rings. The largest absolute Gasteiger partial charge is 0.480 e. The van der Waals surface area contributed by atoms with Gasteiger partial charge in [-0.2, -0.15) is 0 Å². The van der Waals surface area contributed by atoms with Crippen LogP contribution in [0.25, 0.3) is 11.1 Å². The average molecular weight is 461 g/mol. The summed E-state index contributed by atoms with van der Waals surface area (Å²) in [6.07, 6.45) is 1.54. The van der Waals surface area contributed by atoms with Crippen molar-refractivity contribution >= 4 is 18.0 Å². The topological polar surface area (TPSA) is 122 Å². The van der Waals surface area contributed by atoms with E-state index in [9.17, 15) is 19.5 Å². The molecule has 2 amide bonds. The van der Waals surface area contributed by atoms with Crippen molar-refractivity contribution < 1.29 is 28.8 Å². The zero-order chi connectivity index (χ0) is 23.7. The van der Waals surface area contributed by atoms with Gasteiger partial charge in [-0.3, -0.25) is 4.79 Å². The summed E-state index contributed by atoms with van der Waals surface area (Å²) in [7, 11) is 0. The predicted octanol–water partition coefficient (Wildman–Crippen LogP) is 3.40. The number of rotatable bonds is 6. The van der Waals surface area contributed by atoms with Crippen LogP contribution in [0.1, 0.15) is 45.9 Å². The molecule has 1 atom stereocenters. The summed E-state index contributed by atoms with van der Waals surface area (Å²) in [6.45, 7) is 0.429. The van der Waals surface area contributed by atoms with E-state index < -0.39 is 24.0 Å². The van der Waals surface area contributed by atoms with E-state index in [1.807, 2.05) is 36.4 Å². The predicted molar refractivity (Wildman–Crippen MR) is 120 cm³/mol. The van der Waals surface area contributed by atoms with Crippen LogP contribution in [0.3, 0.4) is 0 Å². The standard InChI is InChI=1S/C25H23N3O6/c29-23(28-11-5-10-22(28)24(30)31)20-14-34-27-21(20)12-26-25(32)33-13-19-17-8-3-1-6-15(17)16-7-2-4-9-18(16)19/h1-4,6-9,14,19,22H,5,10-13H2,(H,26,32)(H,30,31)/t22-/m1/s1. The van der Waals surface area contributed by atoms with Crippen LogP contribution in [-0.4, -0.2) is 52.3 Å². The number of fused-ring (bicyclic) bond motifs is 3. The molecule has 0 radical (unpaired) electrons. The van der Waals surface area contributed by atoms with Crippen molar-refractivity contribution in [2.24, 2.45) is 0 Å². The molecule has 3 aromatic rings. The average Bonchev–Trinajstić information content (AvgIpc) is 3.59. The molecule has 1 fully saturated rings. The third kappa shape index (κ3) is 3.89. The molecule has 0 saturated carbocycles. The molecule has 1 aromatic heterocycles. The van der Waals surface area contributed by atoms with E-state index in [4.69, 9.17) is 9.26 Å². The Bertz CT molecular complexity index is 1210. The maximum absolute atomic E-state index is 12.8. The number of carbonyl (C=O) groups is 3. The molecule has 2 heterocycles. The summed E-state index contributed by atoms with van der Waals surface area (Å²) < 4.78 is 10.4. The van der Waals surface area contributed by atoms with Crippen LogP contribution in [0.2, 0.25) is 0 Å². The van der Waals surface area contributed by atoms with Gasteiger partial charge in [-0.25, -0.2) is 9.59 Å². The lowest BCUT2D eigenvalue weighted by atomic mass is 9.98. The van der Waals surface area contributed by atoms with Gasteiger partial charge in [-0.05, 0) is 35.1 Å². The van der Waals surface area contributed by atoms with E-state index in [-0.39, 0.29) is 30.3 Å². The molecule has 1 aliphatic carbocycles. The molecule has 34 heavy (non-hydrogen) atoms. The van der Waals surface area contributed by atoms with E-state index in [1.165, 1.54) is 11.2 Å². The fourth-order valence-corrected chi connectivity index (χ4v) is 4.79. The lowest BCUT2D eigenvalue weighted by Crippen LogP contribution is -2.40. The van der Waals surface area contributed by atoms with Crippen LogP contribution in [0.4, 0.5) is 4.79 Å². The molecule has 2 aromatic carbocycles. The van der Waals surface area contributed by atoms with E-state index in [0.717, 1.165) is 22.3 Å². The Morgan fingerprint density at radius 3 is 2.44 bits per heavy atom. The SMILES string of the molecule is O=C(NCc1nocc1C(=O)N1CCC[C@@H]1C(=O)O)OCC1c2ccccc2-c2ccccc21. The molecule has 0 bridgehead atoms. The van der Waals surface area contributed by atoms with Crippen molar-refractivity contribution in [1.82, 2.24) is 15.4 Å². The first-order valence-corrected chi connectivity index (χ1v) is 11.1. The van der Waals surface area contributed by atoms with Gasteiger partial charge in [0.25, 0.3) is 5.91 Å². The van der Waals surface area contributed by atoms with Gasteiger partial charge >= 0.3 is 12.1 Å². The summed E-state index contributed by atoms with van der Waals surface area (Å²) in [6, 6.07) is 15.2. The molecule has 174 valence electrons. The highest BCUT2D eigenvalue weighted by Gasteiger charge is 2.36. The number of alkyl carbamates (subject to hydrolysis) is 1. The first-order valence-electron chi connectivity index (χ1n) is 11.1. The summed E-state index contributed by atoms with van der Waals surface area (Å²) in [4.78, 5) is 38.0. The van der Waals surface area contributed by atoms with Gasteiger partial charge in [-0.1, -0.05) is 53.7 Å². The molecular weight excluding hydrogens is 438 g/mol. The third-order valence-electron chi connectivity index (χ3n) is 6.42. The smallest absolute Gasteiger partial charge is 0.407 e. The fourth-order valence-electron chi connectivity index (χ4n) is 4.79. The molecule has 9 nitrogen and oxygen atoms in total. The Kier molecular flexibility index (Phi) is 5.75. The first-order chi connectivity index (χ1) is 16.5. The van der Waals surface area contributed by atoms with Gasteiger partial charge in [0.15, 0.2) is 0 Å². The van der Waals surface area contributed by atoms with Crippen molar-refractivity contribution in [3.05, 3.63) is 77.2 Å². The van der Waals surface area contributed by atoms with Crippen molar-refractivity contribution in [2.75, 3.05) is 13.2 Å². The number of hydrogen-bond acceptors (Lipinski definition) is 6. The number of likely N-dealkylation sites (tertiary alicyclic amines) is 1. The molecule has 0 unspecified atom stereocenters. The normalized spacial score (nSPS) is 16.7. The van der Waals surface area contributed by atoms with Gasteiger partial charge in [0.2, 0.25) is 0 Å². The molecule has 2 N–H and O–H groups in total. The van der Waals surface area contributed by atoms with E-state index in [1.54, 1.807) is 0 Å². The minimum Gasteiger partial charge on any atom is -0.480 e. The zero-order valence-electron chi connectivity index (χ0n) is 18.3. The summed E-state index contributed by atoms with van der Waals surface area (Å²) >= 11 is 0. The maximum atomic E-state index is 12.8. The Labute approximate surface area is 195 Å². The zero-order valence-corrected chi connectivity index (χ0v) is 18.3. The minimum atomic E-state index is -1.04. The monoisotopic (exact) mass is 461 g/mol. The highest BCUT2D eigenvalue weighted by Crippen LogP contribution is 2.44. The van der Waals surface area contributed by atoms with Gasteiger partial charge in [-0.15, -0.1) is 0 Å². The maximum Gasteiger partial charge on any atom is 0.407 e. The van der Waals surface area contributed by atoms with Gasteiger partial charge in [0.1, 0.15) is 30.2 Å². The number of hydrogen-bond donors (Lipinski definition) is 2. The van der Waals surface area contributed by atoms with Crippen LogP contribution in [0.5, 0.6) is 0 Å². The number of amides is 2. The number of carboxylic acids is 1. The van der Waals surface area contributed by atoms with Crippen LogP contribution in [-0.2, 0) is 16.1 Å². The Morgan fingerprint density at radius 1 is 1.09 bits per heavy atom. The summed E-state index contributed by atoms with van der Waals surface area (Å²) in [5.74, 6) is -1.58. The second-order valence-corrected chi connectivity index (χ2v) is 8.35. The summed E-state index contributed by atoms with van der Waals surface area (Å²) in [5, 5.41) is 15.8. The van der Waals surface area contributed by atoms with Gasteiger partial charge in [0.05, 0.1) is 6.54 Å². The number of carbonyl (C=O) groups excluding carboxylic acids is 2. The molecular formula is C25H23N3O6. The number of nitrogens with zero attached hydrogens (tertiary/aromatic N) is 2. The fraction of sp³-hybridized carbons (Fsp3) is 0.280. The summed E-state index contributed by atoms with van der Waals surface area (Å²) in [5.41, 5.74) is 4.85. The van der Waals surface area contributed by atoms with E-state index in [2.05, 4.69) is 22.6 Å². The minimum absolute atomic E-state index is 0.0644. The lowest BCUT2D eigenvalue weighted by molar-refractivity contribution is -0.141. The second kappa shape index (κ2) is 9.01. The second-order valence-electron chi connectivity index (χ2n) is 8.35. The molecule has 0 spiro atoms. The Morgan fingerprint density at radius 2 is 1.76 bits per heavy atom. The van der Waals surface area contributed by atoms with E-state index in [0.29, 0.717) is 19.4 Å². The van der Waals surface area contributed by atoms with Crippen LogP contribution >= 0.6 is 0 Å². The number of carboxylic acid groups (broad SMARTS) is 1. The first kappa shape index (κ1) is 21.7. The van der Waals surface area contributed by atoms with Crippen molar-refractivity contribution in [2.45, 2.75) is 31.3 Å². The van der Waals surface area contributed by atoms with Crippen molar-refractivity contribution in [3.8, 4) is 11.1 Å². The Hall–Kier alpha value is -4.14. The quantitative estimate of drug-likeness (QED) is 0.577. The number of aromatic nitrogens is 1. The van der Waals surface area contributed by atoms with Crippen LogP contribution in [0.15, 0.2) is 59.3 Å². The van der Waals surface area contributed by atoms with Crippen molar-refractivity contribution in [1.29, 1.82) is 0 Å². The Balaban J connectivity index is 1.21. The number of benzene rings is 2. The number of nitrogens with one attached hydrogen (secondary N) is 1. The lowest BCUT2D eigenvalue weighted by Gasteiger charge is -2.20. The van der Waals surface area contributed by atoms with Crippen molar-refractivity contribution in [3.63, 3.8) is 0 Å². The highest BCUT2D eigenvalue weighted by atomic mass is 16.5. The van der Waals surface area contributed by atoms with Gasteiger partial charge < -0.3 is 24.6 Å². The van der Waals surface area contributed by atoms with E-state index >= 15 is 0 Å². The third-order valence-corrected chi connectivity index (χ3v) is 6.42. The van der Waals surface area contributed by atoms with Crippen LogP contribution < -0.4 is 5.32 Å². The molecule has 1 aliphatic heterocycles. The van der Waals surface area contributed by atoms with Gasteiger partial charge in [0, 0.05) is 12.5 Å².